The zero-order valence-electron chi connectivity index (χ0n) is 17.0. The molecule has 1 fully saturated rings. The van der Waals surface area contributed by atoms with Gasteiger partial charge in [0.05, 0.1) is 4.90 Å². The number of hydrogen-bond donors (Lipinski definition) is 1. The summed E-state index contributed by atoms with van der Waals surface area (Å²) in [6.07, 6.45) is 4.65. The van der Waals surface area contributed by atoms with Gasteiger partial charge in [-0.2, -0.15) is 0 Å². The molecule has 6 nitrogen and oxygen atoms in total. The number of fused-ring (bicyclic) bond motifs is 1. The van der Waals surface area contributed by atoms with Crippen molar-refractivity contribution >= 4 is 21.6 Å². The van der Waals surface area contributed by atoms with Crippen LogP contribution in [0.1, 0.15) is 51.5 Å². The molecule has 150 valence electrons. The van der Waals surface area contributed by atoms with E-state index in [2.05, 4.69) is 9.62 Å². The van der Waals surface area contributed by atoms with Crippen LogP contribution in [0.5, 0.6) is 0 Å². The summed E-state index contributed by atoms with van der Waals surface area (Å²) >= 11 is 0. The molecule has 2 aliphatic rings. The van der Waals surface area contributed by atoms with E-state index >= 15 is 0 Å². The normalized spacial score (nSPS) is 21.6. The maximum absolute atomic E-state index is 13.0. The second-order valence-corrected chi connectivity index (χ2v) is 10.6. The van der Waals surface area contributed by atoms with E-state index in [4.69, 9.17) is 0 Å². The molecule has 0 radical (unpaired) electrons. The first-order valence-electron chi connectivity index (χ1n) is 9.57. The Bertz CT molecular complexity index is 840. The maximum Gasteiger partial charge on any atom is 0.240 e. The van der Waals surface area contributed by atoms with E-state index in [0.717, 1.165) is 36.9 Å². The van der Waals surface area contributed by atoms with Crippen LogP contribution in [0.25, 0.3) is 0 Å². The molecular weight excluding hydrogens is 362 g/mol. The van der Waals surface area contributed by atoms with Gasteiger partial charge in [0.25, 0.3) is 0 Å². The Hall–Kier alpha value is -1.44. The monoisotopic (exact) mass is 393 g/mol. The number of nitrogens with zero attached hydrogens (tertiary/aromatic N) is 2. The number of hydrogen-bond acceptors (Lipinski definition) is 4. The second kappa shape index (κ2) is 6.87. The molecule has 1 saturated carbocycles. The highest BCUT2D eigenvalue weighted by Gasteiger charge is 2.38. The van der Waals surface area contributed by atoms with Crippen molar-refractivity contribution in [2.45, 2.75) is 61.8 Å². The number of sulfonamides is 1. The van der Waals surface area contributed by atoms with Crippen molar-refractivity contribution in [1.29, 1.82) is 0 Å². The van der Waals surface area contributed by atoms with Crippen molar-refractivity contribution in [2.75, 3.05) is 32.6 Å². The Balaban J connectivity index is 1.89. The largest absolute Gasteiger partial charge is 0.315 e. The van der Waals surface area contributed by atoms with Crippen LogP contribution in [0.3, 0.4) is 0 Å². The summed E-state index contributed by atoms with van der Waals surface area (Å²) in [5.41, 5.74) is 1.19. The second-order valence-electron chi connectivity index (χ2n) is 8.84. The van der Waals surface area contributed by atoms with E-state index < -0.39 is 10.0 Å². The molecule has 1 heterocycles. The fourth-order valence-corrected chi connectivity index (χ4v) is 5.52. The van der Waals surface area contributed by atoms with Crippen LogP contribution in [0.2, 0.25) is 0 Å². The summed E-state index contributed by atoms with van der Waals surface area (Å²) in [6.45, 7) is 4.39. The van der Waals surface area contributed by atoms with Crippen LogP contribution >= 0.6 is 0 Å². The third-order valence-corrected chi connectivity index (χ3v) is 7.81. The fourth-order valence-electron chi connectivity index (χ4n) is 4.37. The minimum atomic E-state index is -3.61. The Labute approximate surface area is 163 Å². The number of benzene rings is 1. The highest BCUT2D eigenvalue weighted by atomic mass is 32.2. The summed E-state index contributed by atoms with van der Waals surface area (Å²) in [5.74, 6) is 0.0513. The summed E-state index contributed by atoms with van der Waals surface area (Å²) in [5, 5.41) is 0. The van der Waals surface area contributed by atoms with Crippen molar-refractivity contribution in [3.8, 4) is 0 Å². The molecule has 0 saturated heterocycles. The molecule has 1 aromatic rings. The fraction of sp³-hybridized carbons (Fsp3) is 0.650. The molecule has 0 atom stereocenters. The molecule has 0 unspecified atom stereocenters. The van der Waals surface area contributed by atoms with Crippen LogP contribution < -0.4 is 9.62 Å². The third-order valence-electron chi connectivity index (χ3n) is 6.41. The lowest BCUT2D eigenvalue weighted by molar-refractivity contribution is -0.119. The number of nitrogens with one attached hydrogen (secondary N) is 1. The van der Waals surface area contributed by atoms with Crippen LogP contribution in [-0.4, -0.2) is 52.5 Å². The smallest absolute Gasteiger partial charge is 0.240 e. The van der Waals surface area contributed by atoms with Crippen molar-refractivity contribution in [2.24, 2.45) is 0 Å². The number of amides is 1. The SMILES string of the molecule is CN1C(=O)CC(C)(C)c2cc(S(=O)(=O)NCC3(N(C)C)CCCC3)ccc21. The van der Waals surface area contributed by atoms with E-state index in [1.54, 1.807) is 30.1 Å². The standard InChI is InChI=1S/C20H31N3O3S/c1-19(2)13-18(24)23(5)17-9-8-15(12-16(17)19)27(25,26)21-14-20(22(3)4)10-6-7-11-20/h8-9,12,21H,6-7,10-11,13-14H2,1-5H3. The molecule has 3 rings (SSSR count). The first kappa shape index (κ1) is 20.3. The number of carbonyl (C=O) groups is 1. The Morgan fingerprint density at radius 1 is 1.19 bits per heavy atom. The zero-order chi connectivity index (χ0) is 20.0. The topological polar surface area (TPSA) is 69.7 Å². The molecular formula is C20H31N3O3S. The molecule has 1 amide bonds. The van der Waals surface area contributed by atoms with Crippen LogP contribution in [0, 0.1) is 0 Å². The van der Waals surface area contributed by atoms with Crippen LogP contribution in [0.15, 0.2) is 23.1 Å². The summed E-state index contributed by atoms with van der Waals surface area (Å²) in [7, 11) is 2.17. The maximum atomic E-state index is 13.0. The van der Waals surface area contributed by atoms with E-state index in [1.165, 1.54) is 0 Å². The Kier molecular flexibility index (Phi) is 5.16. The van der Waals surface area contributed by atoms with Crippen molar-refractivity contribution in [1.82, 2.24) is 9.62 Å². The minimum absolute atomic E-state index is 0.0513. The minimum Gasteiger partial charge on any atom is -0.315 e. The van der Waals surface area contributed by atoms with Crippen LogP contribution in [-0.2, 0) is 20.2 Å². The highest BCUT2D eigenvalue weighted by molar-refractivity contribution is 7.89. The van der Waals surface area contributed by atoms with E-state index in [9.17, 15) is 13.2 Å². The van der Waals surface area contributed by atoms with Crippen LogP contribution in [0.4, 0.5) is 5.69 Å². The van der Waals surface area contributed by atoms with Crippen molar-refractivity contribution < 1.29 is 13.2 Å². The molecule has 7 heteroatoms. The van der Waals surface area contributed by atoms with Crippen molar-refractivity contribution in [3.63, 3.8) is 0 Å². The van der Waals surface area contributed by atoms with Gasteiger partial charge in [-0.3, -0.25) is 4.79 Å². The average molecular weight is 394 g/mol. The number of carbonyl (C=O) groups excluding carboxylic acids is 1. The van der Waals surface area contributed by atoms with Gasteiger partial charge in [0.2, 0.25) is 15.9 Å². The molecule has 1 N–H and O–H groups in total. The van der Waals surface area contributed by atoms with E-state index in [-0.39, 0.29) is 21.8 Å². The summed E-state index contributed by atoms with van der Waals surface area (Å²) in [6, 6.07) is 5.08. The van der Waals surface area contributed by atoms with Gasteiger partial charge in [0, 0.05) is 36.7 Å². The van der Waals surface area contributed by atoms with Gasteiger partial charge >= 0.3 is 0 Å². The molecule has 27 heavy (non-hydrogen) atoms. The summed E-state index contributed by atoms with van der Waals surface area (Å²) < 4.78 is 28.8. The average Bonchev–Trinajstić information content (AvgIpc) is 3.08. The highest BCUT2D eigenvalue weighted by Crippen LogP contribution is 2.40. The Morgan fingerprint density at radius 2 is 1.81 bits per heavy atom. The lowest BCUT2D eigenvalue weighted by atomic mass is 9.77. The first-order chi connectivity index (χ1) is 12.5. The van der Waals surface area contributed by atoms with Gasteiger partial charge in [-0.15, -0.1) is 0 Å². The molecule has 1 aliphatic carbocycles. The van der Waals surface area contributed by atoms with Gasteiger partial charge in [-0.05, 0) is 50.7 Å². The zero-order valence-corrected chi connectivity index (χ0v) is 17.8. The van der Waals surface area contributed by atoms with Gasteiger partial charge in [-0.25, -0.2) is 13.1 Å². The lowest BCUT2D eigenvalue weighted by Crippen LogP contribution is -2.50. The van der Waals surface area contributed by atoms with E-state index in [1.807, 2.05) is 27.9 Å². The molecule has 0 spiro atoms. The Morgan fingerprint density at radius 3 is 2.41 bits per heavy atom. The van der Waals surface area contributed by atoms with Gasteiger partial charge < -0.3 is 9.80 Å². The van der Waals surface area contributed by atoms with Gasteiger partial charge in [0.1, 0.15) is 0 Å². The predicted molar refractivity (Wildman–Crippen MR) is 108 cm³/mol. The molecule has 0 bridgehead atoms. The van der Waals surface area contributed by atoms with Crippen molar-refractivity contribution in [3.05, 3.63) is 23.8 Å². The summed E-state index contributed by atoms with van der Waals surface area (Å²) in [4.78, 5) is 16.2. The lowest BCUT2D eigenvalue weighted by Gasteiger charge is -2.37. The number of likely N-dealkylation sites (N-methyl/N-ethyl adjacent to an activating group) is 1. The molecule has 1 aromatic carbocycles. The molecule has 1 aliphatic heterocycles. The molecule has 0 aromatic heterocycles. The predicted octanol–water partition coefficient (Wildman–Crippen LogP) is 2.48. The number of rotatable bonds is 5. The number of anilines is 1. The first-order valence-corrected chi connectivity index (χ1v) is 11.1. The third kappa shape index (κ3) is 3.65. The van der Waals surface area contributed by atoms with Gasteiger partial charge in [0.15, 0.2) is 0 Å². The quantitative estimate of drug-likeness (QED) is 0.834. The van der Waals surface area contributed by atoms with Gasteiger partial charge in [-0.1, -0.05) is 26.7 Å². The van der Waals surface area contributed by atoms with E-state index in [0.29, 0.717) is 13.0 Å².